The average molecular weight is 1100 g/mol. The Balaban J connectivity index is 0.986. The lowest BCUT2D eigenvalue weighted by atomic mass is 9.83. The van der Waals surface area contributed by atoms with Crippen molar-refractivity contribution in [1.82, 2.24) is 40.9 Å². The molecule has 16 heteroatoms. The van der Waals surface area contributed by atoms with Gasteiger partial charge >= 0.3 is 0 Å². The molecule has 0 bridgehead atoms. The van der Waals surface area contributed by atoms with E-state index in [0.29, 0.717) is 49.9 Å². The van der Waals surface area contributed by atoms with Gasteiger partial charge in [-0.2, -0.15) is 0 Å². The van der Waals surface area contributed by atoms with Crippen LogP contribution in [0.3, 0.4) is 0 Å². The summed E-state index contributed by atoms with van der Waals surface area (Å²) in [6.45, 7) is 4.95. The Hall–Kier alpha value is -6.46. The molecule has 0 unspecified atom stereocenters. The van der Waals surface area contributed by atoms with Gasteiger partial charge in [-0.1, -0.05) is 123 Å². The number of amides is 6. The zero-order valence-electron chi connectivity index (χ0n) is 47.4. The number of hydrogen-bond donors (Lipinski definition) is 6. The van der Waals surface area contributed by atoms with Crippen LogP contribution in [0.2, 0.25) is 0 Å². The maximum Gasteiger partial charge on any atom is 0.253 e. The molecule has 2 heterocycles. The van der Waals surface area contributed by atoms with Crippen LogP contribution in [0.15, 0.2) is 109 Å². The van der Waals surface area contributed by atoms with Gasteiger partial charge in [-0.3, -0.25) is 28.8 Å². The third kappa shape index (κ3) is 15.5. The van der Waals surface area contributed by atoms with Crippen molar-refractivity contribution in [3.05, 3.63) is 131 Å². The molecule has 4 fully saturated rings. The summed E-state index contributed by atoms with van der Waals surface area (Å²) in [5.74, 6) is -1.36. The second kappa shape index (κ2) is 28.8. The third-order valence-electron chi connectivity index (χ3n) is 17.4. The van der Waals surface area contributed by atoms with E-state index >= 15 is 0 Å². The van der Waals surface area contributed by atoms with E-state index in [1.54, 1.807) is 71.8 Å². The minimum absolute atomic E-state index is 0.0182. The zero-order chi connectivity index (χ0) is 56.7. The van der Waals surface area contributed by atoms with Gasteiger partial charge in [0.2, 0.25) is 23.6 Å². The van der Waals surface area contributed by atoms with E-state index in [0.717, 1.165) is 86.5 Å². The molecule has 0 radical (unpaired) electrons. The molecular formula is C64H86N8O8. The lowest BCUT2D eigenvalue weighted by molar-refractivity contribution is -0.140. The smallest absolute Gasteiger partial charge is 0.253 e. The summed E-state index contributed by atoms with van der Waals surface area (Å²) >= 11 is 0. The second-order valence-corrected chi connectivity index (χ2v) is 23.0. The molecule has 6 N–H and O–H groups in total. The van der Waals surface area contributed by atoms with Gasteiger partial charge in [0, 0.05) is 50.4 Å². The molecule has 8 rings (SSSR count). The number of likely N-dealkylation sites (N-methyl/N-ethyl adjacent to an activating group) is 2. The van der Waals surface area contributed by atoms with E-state index in [1.165, 1.54) is 0 Å². The fourth-order valence-corrected chi connectivity index (χ4v) is 12.4. The zero-order valence-corrected chi connectivity index (χ0v) is 47.4. The van der Waals surface area contributed by atoms with Gasteiger partial charge in [0.05, 0.1) is 36.4 Å². The first kappa shape index (κ1) is 59.7. The van der Waals surface area contributed by atoms with Crippen LogP contribution in [0.1, 0.15) is 123 Å². The third-order valence-corrected chi connectivity index (χ3v) is 17.4. The molecule has 6 amide bonds. The molecule has 2 saturated carbocycles. The SMILES string of the molecule is CN[C@@H](C)C(=O)N[C@H](C(=O)N1C[C@@H](O)C[C@H]1CN(CCc1ccccc1)C(=O)c1ccc(-c2ccc(C(=O)N(CCc3ccccc3)C[C@@H]3C[C@H](O)CN3C(=O)[C@@H](NC(=O)[C@H](C)NC)C3CCCCC3)cc2)cc1)C1CCCCC1. The predicted molar refractivity (Wildman–Crippen MR) is 310 cm³/mol. The number of carbonyl (C=O) groups is 6. The number of likely N-dealkylation sites (tertiary alicyclic amines) is 2. The van der Waals surface area contributed by atoms with Crippen LogP contribution in [0, 0.1) is 11.8 Å². The van der Waals surface area contributed by atoms with Crippen molar-refractivity contribution in [2.24, 2.45) is 11.8 Å². The van der Waals surface area contributed by atoms with Crippen LogP contribution in [0.25, 0.3) is 11.1 Å². The molecule has 4 aromatic rings. The van der Waals surface area contributed by atoms with Gasteiger partial charge in [0.15, 0.2) is 0 Å². The van der Waals surface area contributed by atoms with Gasteiger partial charge in [0.1, 0.15) is 12.1 Å². The first-order chi connectivity index (χ1) is 38.7. The Bertz CT molecular complexity index is 2480. The van der Waals surface area contributed by atoms with Crippen molar-refractivity contribution in [1.29, 1.82) is 0 Å². The fraction of sp³-hybridized carbons (Fsp3) is 0.531. The van der Waals surface area contributed by atoms with Crippen LogP contribution in [-0.2, 0) is 32.0 Å². The van der Waals surface area contributed by atoms with Crippen molar-refractivity contribution in [3.63, 3.8) is 0 Å². The number of β-amino-alcohol motifs (C(OH)–C–C–N with tert-alkyl or cyclic N) is 2. The summed E-state index contributed by atoms with van der Waals surface area (Å²) in [4.78, 5) is 92.2. The van der Waals surface area contributed by atoms with E-state index in [9.17, 15) is 39.0 Å². The topological polar surface area (TPSA) is 204 Å². The molecule has 0 aromatic heterocycles. The molecule has 430 valence electrons. The maximum atomic E-state index is 14.7. The summed E-state index contributed by atoms with van der Waals surface area (Å²) in [5, 5.41) is 34.3. The highest BCUT2D eigenvalue weighted by atomic mass is 16.3. The first-order valence-corrected chi connectivity index (χ1v) is 29.5. The maximum absolute atomic E-state index is 14.7. The van der Waals surface area contributed by atoms with E-state index < -0.39 is 48.5 Å². The van der Waals surface area contributed by atoms with Crippen molar-refractivity contribution >= 4 is 35.4 Å². The second-order valence-electron chi connectivity index (χ2n) is 23.0. The predicted octanol–water partition coefficient (Wildman–Crippen LogP) is 5.99. The first-order valence-electron chi connectivity index (χ1n) is 29.5. The highest BCUT2D eigenvalue weighted by Gasteiger charge is 2.44. The Morgan fingerprint density at radius 2 is 0.863 bits per heavy atom. The van der Waals surface area contributed by atoms with E-state index in [1.807, 2.05) is 84.9 Å². The number of nitrogens with one attached hydrogen (secondary N) is 4. The molecule has 2 aliphatic carbocycles. The summed E-state index contributed by atoms with van der Waals surface area (Å²) in [6, 6.07) is 31.3. The normalized spacial score (nSPS) is 21.3. The molecule has 4 aromatic carbocycles. The molecule has 80 heavy (non-hydrogen) atoms. The minimum Gasteiger partial charge on any atom is -0.391 e. The highest BCUT2D eigenvalue weighted by molar-refractivity contribution is 5.96. The minimum atomic E-state index is -0.771. The number of nitrogens with zero attached hydrogens (tertiary/aromatic N) is 4. The Kier molecular flexibility index (Phi) is 21.5. The van der Waals surface area contributed by atoms with Crippen LogP contribution in [0.5, 0.6) is 0 Å². The Labute approximate surface area is 473 Å². The number of aliphatic hydroxyl groups excluding tert-OH is 2. The van der Waals surface area contributed by atoms with Crippen molar-refractivity contribution in [2.75, 3.05) is 53.4 Å². The molecule has 0 spiro atoms. The van der Waals surface area contributed by atoms with E-state index in [4.69, 9.17) is 0 Å². The summed E-state index contributed by atoms with van der Waals surface area (Å²) in [7, 11) is 3.42. The van der Waals surface area contributed by atoms with Crippen molar-refractivity contribution in [3.8, 4) is 11.1 Å². The lowest BCUT2D eigenvalue weighted by Crippen LogP contribution is -2.57. The molecule has 2 aliphatic heterocycles. The Morgan fingerprint density at radius 3 is 1.20 bits per heavy atom. The monoisotopic (exact) mass is 1090 g/mol. The molecule has 2 saturated heterocycles. The number of hydrogen-bond acceptors (Lipinski definition) is 10. The number of benzene rings is 4. The summed E-state index contributed by atoms with van der Waals surface area (Å²) < 4.78 is 0. The number of carbonyl (C=O) groups excluding carboxylic acids is 6. The fourth-order valence-electron chi connectivity index (χ4n) is 12.4. The quantitative estimate of drug-likeness (QED) is 0.0512. The molecule has 16 nitrogen and oxygen atoms in total. The largest absolute Gasteiger partial charge is 0.391 e. The lowest BCUT2D eigenvalue weighted by Gasteiger charge is -2.37. The van der Waals surface area contributed by atoms with Crippen LogP contribution in [-0.4, -0.2) is 167 Å². The van der Waals surface area contributed by atoms with Gasteiger partial charge in [-0.15, -0.1) is 0 Å². The summed E-state index contributed by atoms with van der Waals surface area (Å²) in [5.41, 5.74) is 4.75. The van der Waals surface area contributed by atoms with Gasteiger partial charge in [0.25, 0.3) is 11.8 Å². The van der Waals surface area contributed by atoms with Crippen LogP contribution < -0.4 is 21.3 Å². The van der Waals surface area contributed by atoms with Crippen molar-refractivity contribution < 1.29 is 39.0 Å². The van der Waals surface area contributed by atoms with Crippen LogP contribution in [0.4, 0.5) is 0 Å². The van der Waals surface area contributed by atoms with Crippen LogP contribution >= 0.6 is 0 Å². The van der Waals surface area contributed by atoms with E-state index in [-0.39, 0.29) is 73.5 Å². The van der Waals surface area contributed by atoms with Gasteiger partial charge in [-0.25, -0.2) is 0 Å². The van der Waals surface area contributed by atoms with Gasteiger partial charge < -0.3 is 51.1 Å². The number of aliphatic hydroxyl groups is 2. The number of rotatable bonds is 23. The molecular weight excluding hydrogens is 1010 g/mol. The average Bonchev–Trinajstić information content (AvgIpc) is 4.07. The van der Waals surface area contributed by atoms with Crippen molar-refractivity contribution in [2.45, 2.75) is 152 Å². The molecule has 4 aliphatic rings. The Morgan fingerprint density at radius 1 is 0.512 bits per heavy atom. The molecule has 8 atom stereocenters. The van der Waals surface area contributed by atoms with Gasteiger partial charge in [-0.05, 0) is 138 Å². The summed E-state index contributed by atoms with van der Waals surface area (Å²) in [6.07, 6.45) is 9.69. The highest BCUT2D eigenvalue weighted by Crippen LogP contribution is 2.32. The van der Waals surface area contributed by atoms with E-state index in [2.05, 4.69) is 21.3 Å². The standard InChI is InChI=1S/C64H86N8O8/c1-43(65-3)59(75)67-57(49-21-13-7-14-22-49)63(79)71-41-55(73)37-53(71)39-69(35-33-45-17-9-5-10-18-45)61(77)51-29-25-47(26-30-51)48-27-31-52(32-28-48)62(78)70(36-34-46-19-11-6-12-20-46)40-54-38-56(74)42-72(54)64(80)58(50-23-15-8-16-24-50)68-60(76)44(2)66-4/h5-6,9-12,17-20,25-32,43-44,49-50,53-58,65-66,73-74H,7-8,13-16,21-24,33-42H2,1-4H3,(H,67,75)(H,68,76)/t43-,44-,53-,54-,55-,56-,57-,58-/m0/s1.